The molecule has 1 aromatic rings. The van der Waals surface area contributed by atoms with Crippen LogP contribution in [0.2, 0.25) is 0 Å². The van der Waals surface area contributed by atoms with Crippen LogP contribution in [-0.2, 0) is 0 Å². The van der Waals surface area contributed by atoms with Gasteiger partial charge in [-0.3, -0.25) is 14.5 Å². The number of nitrogens with zero attached hydrogens (tertiary/aromatic N) is 1. The number of hydrogen-bond acceptors (Lipinski definition) is 3. The molecule has 108 valence electrons. The smallest absolute Gasteiger partial charge is 0.262 e. The monoisotopic (exact) mass is 275 g/mol. The van der Waals surface area contributed by atoms with E-state index in [1.807, 2.05) is 13.8 Å². The summed E-state index contributed by atoms with van der Waals surface area (Å²) in [6, 6.07) is 6.97. The summed E-state index contributed by atoms with van der Waals surface area (Å²) in [4.78, 5) is 26.2. The predicted octanol–water partition coefficient (Wildman–Crippen LogP) is 2.61. The lowest BCUT2D eigenvalue weighted by Gasteiger charge is -2.34. The fourth-order valence-electron chi connectivity index (χ4n) is 2.70. The van der Waals surface area contributed by atoms with E-state index in [2.05, 4.69) is 0 Å². The molecule has 0 atom stereocenters. The van der Waals surface area contributed by atoms with Crippen molar-refractivity contribution in [2.24, 2.45) is 0 Å². The molecule has 0 aliphatic carbocycles. The molecule has 4 nitrogen and oxygen atoms in total. The molecule has 1 aliphatic heterocycles. The summed E-state index contributed by atoms with van der Waals surface area (Å²) in [6.07, 6.45) is 3.31. The molecule has 0 saturated heterocycles. The van der Waals surface area contributed by atoms with Gasteiger partial charge in [0.25, 0.3) is 11.8 Å². The fraction of sp³-hybridized carbons (Fsp3) is 0.500. The second-order valence-electron chi connectivity index (χ2n) is 5.84. The lowest BCUT2D eigenvalue weighted by Crippen LogP contribution is -2.47. The summed E-state index contributed by atoms with van der Waals surface area (Å²) in [5.74, 6) is -0.393. The number of carbonyl (C=O) groups excluding carboxylic acids is 2. The molecule has 2 amide bonds. The molecule has 1 N–H and O–H groups in total. The lowest BCUT2D eigenvalue weighted by atomic mass is 9.94. The normalized spacial score (nSPS) is 14.8. The Balaban J connectivity index is 2.13. The molecule has 20 heavy (non-hydrogen) atoms. The van der Waals surface area contributed by atoms with Crippen LogP contribution in [0.5, 0.6) is 0 Å². The van der Waals surface area contributed by atoms with Gasteiger partial charge in [-0.25, -0.2) is 0 Å². The number of rotatable bonds is 6. The van der Waals surface area contributed by atoms with Crippen molar-refractivity contribution >= 4 is 11.8 Å². The number of amides is 2. The number of benzene rings is 1. The van der Waals surface area contributed by atoms with Gasteiger partial charge >= 0.3 is 0 Å². The minimum atomic E-state index is -0.497. The van der Waals surface area contributed by atoms with E-state index in [0.717, 1.165) is 25.7 Å². The van der Waals surface area contributed by atoms with Crippen LogP contribution in [0.15, 0.2) is 24.3 Å². The first kappa shape index (κ1) is 14.7. The van der Waals surface area contributed by atoms with E-state index in [4.69, 9.17) is 5.11 Å². The van der Waals surface area contributed by atoms with Crippen LogP contribution in [0.25, 0.3) is 0 Å². The molecule has 0 radical (unpaired) electrons. The van der Waals surface area contributed by atoms with E-state index in [1.54, 1.807) is 24.3 Å². The van der Waals surface area contributed by atoms with Crippen LogP contribution < -0.4 is 0 Å². The highest BCUT2D eigenvalue weighted by molar-refractivity contribution is 6.21. The van der Waals surface area contributed by atoms with Crippen molar-refractivity contribution in [3.05, 3.63) is 35.4 Å². The average Bonchev–Trinajstić information content (AvgIpc) is 2.68. The Labute approximate surface area is 119 Å². The molecule has 0 aromatic heterocycles. The van der Waals surface area contributed by atoms with Gasteiger partial charge in [0.2, 0.25) is 0 Å². The Morgan fingerprint density at radius 1 is 1.00 bits per heavy atom. The molecule has 0 saturated carbocycles. The van der Waals surface area contributed by atoms with E-state index < -0.39 is 5.54 Å². The Kier molecular flexibility index (Phi) is 4.23. The van der Waals surface area contributed by atoms with Gasteiger partial charge in [-0.05, 0) is 38.8 Å². The summed E-state index contributed by atoms with van der Waals surface area (Å²) >= 11 is 0. The van der Waals surface area contributed by atoms with Crippen LogP contribution >= 0.6 is 0 Å². The van der Waals surface area contributed by atoms with E-state index >= 15 is 0 Å². The van der Waals surface area contributed by atoms with Crippen LogP contribution in [0.3, 0.4) is 0 Å². The molecule has 2 rings (SSSR count). The number of aliphatic hydroxyl groups excluding tert-OH is 1. The van der Waals surface area contributed by atoms with Crippen molar-refractivity contribution in [2.75, 3.05) is 6.61 Å². The predicted molar refractivity (Wildman–Crippen MR) is 76.6 cm³/mol. The maximum Gasteiger partial charge on any atom is 0.262 e. The van der Waals surface area contributed by atoms with Crippen LogP contribution in [0, 0.1) is 0 Å². The van der Waals surface area contributed by atoms with Crippen LogP contribution in [0.1, 0.15) is 60.2 Å². The second kappa shape index (κ2) is 5.75. The number of unbranched alkanes of at least 4 members (excludes halogenated alkanes) is 2. The van der Waals surface area contributed by atoms with E-state index in [1.165, 1.54) is 4.90 Å². The molecule has 1 heterocycles. The number of imide groups is 1. The number of hydrogen-bond donors (Lipinski definition) is 1. The third-order valence-electron chi connectivity index (χ3n) is 3.85. The quantitative estimate of drug-likeness (QED) is 0.641. The Bertz CT molecular complexity index is 487. The molecule has 0 fully saturated rings. The molecule has 0 unspecified atom stereocenters. The zero-order valence-corrected chi connectivity index (χ0v) is 12.1. The minimum absolute atomic E-state index is 0.188. The standard InChI is InChI=1S/C16H21NO3/c1-16(2,10-6-3-7-11-18)17-14(19)12-8-4-5-9-13(12)15(17)20/h4-5,8-9,18H,3,6-7,10-11H2,1-2H3. The summed E-state index contributed by atoms with van der Waals surface area (Å²) in [6.45, 7) is 4.04. The van der Waals surface area contributed by atoms with Gasteiger partial charge in [0.05, 0.1) is 11.1 Å². The molecule has 4 heteroatoms. The first-order valence-electron chi connectivity index (χ1n) is 7.08. The van der Waals surface area contributed by atoms with Crippen molar-refractivity contribution in [3.8, 4) is 0 Å². The van der Waals surface area contributed by atoms with Crippen LogP contribution in [-0.4, -0.2) is 34.0 Å². The first-order chi connectivity index (χ1) is 9.49. The van der Waals surface area contributed by atoms with E-state index in [9.17, 15) is 9.59 Å². The van der Waals surface area contributed by atoms with Gasteiger partial charge < -0.3 is 5.11 Å². The van der Waals surface area contributed by atoms with Gasteiger partial charge in [-0.2, -0.15) is 0 Å². The Hall–Kier alpha value is -1.68. The SMILES string of the molecule is CC(C)(CCCCCO)N1C(=O)c2ccccc2C1=O. The van der Waals surface area contributed by atoms with Crippen LogP contribution in [0.4, 0.5) is 0 Å². The Morgan fingerprint density at radius 2 is 1.55 bits per heavy atom. The Morgan fingerprint density at radius 3 is 2.05 bits per heavy atom. The number of carbonyl (C=O) groups is 2. The van der Waals surface area contributed by atoms with E-state index in [-0.39, 0.29) is 18.4 Å². The van der Waals surface area contributed by atoms with Crippen molar-refractivity contribution < 1.29 is 14.7 Å². The third kappa shape index (κ3) is 2.61. The molecular weight excluding hydrogens is 254 g/mol. The fourth-order valence-corrected chi connectivity index (χ4v) is 2.70. The molecule has 1 aromatic carbocycles. The summed E-state index contributed by atoms with van der Waals surface area (Å²) < 4.78 is 0. The second-order valence-corrected chi connectivity index (χ2v) is 5.84. The molecular formula is C16H21NO3. The molecule has 1 aliphatic rings. The van der Waals surface area contributed by atoms with Crippen molar-refractivity contribution in [1.82, 2.24) is 4.90 Å². The largest absolute Gasteiger partial charge is 0.396 e. The van der Waals surface area contributed by atoms with Crippen molar-refractivity contribution in [1.29, 1.82) is 0 Å². The maximum atomic E-state index is 12.4. The number of fused-ring (bicyclic) bond motifs is 1. The highest BCUT2D eigenvalue weighted by atomic mass is 16.3. The zero-order valence-electron chi connectivity index (χ0n) is 12.1. The van der Waals surface area contributed by atoms with Gasteiger partial charge in [-0.1, -0.05) is 25.0 Å². The first-order valence-corrected chi connectivity index (χ1v) is 7.08. The molecule has 0 bridgehead atoms. The summed E-state index contributed by atoms with van der Waals surface area (Å²) in [7, 11) is 0. The number of aliphatic hydroxyl groups is 1. The van der Waals surface area contributed by atoms with Gasteiger partial charge in [-0.15, -0.1) is 0 Å². The van der Waals surface area contributed by atoms with E-state index in [0.29, 0.717) is 11.1 Å². The minimum Gasteiger partial charge on any atom is -0.396 e. The third-order valence-corrected chi connectivity index (χ3v) is 3.85. The molecule has 0 spiro atoms. The van der Waals surface area contributed by atoms with Gasteiger partial charge in [0.1, 0.15) is 0 Å². The summed E-state index contributed by atoms with van der Waals surface area (Å²) in [5, 5.41) is 8.79. The van der Waals surface area contributed by atoms with Crippen molar-refractivity contribution in [2.45, 2.75) is 45.1 Å². The lowest BCUT2D eigenvalue weighted by molar-refractivity contribution is 0.0462. The summed E-state index contributed by atoms with van der Waals surface area (Å²) in [5.41, 5.74) is 0.504. The maximum absolute atomic E-state index is 12.4. The topological polar surface area (TPSA) is 57.6 Å². The highest BCUT2D eigenvalue weighted by Crippen LogP contribution is 2.32. The van der Waals surface area contributed by atoms with Gasteiger partial charge in [0.15, 0.2) is 0 Å². The highest BCUT2D eigenvalue weighted by Gasteiger charge is 2.43. The van der Waals surface area contributed by atoms with Gasteiger partial charge in [0, 0.05) is 12.1 Å². The zero-order chi connectivity index (χ0) is 14.8. The average molecular weight is 275 g/mol. The van der Waals surface area contributed by atoms with Crippen molar-refractivity contribution in [3.63, 3.8) is 0 Å².